The van der Waals surface area contributed by atoms with E-state index in [2.05, 4.69) is 4.90 Å². The van der Waals surface area contributed by atoms with Crippen molar-refractivity contribution in [3.8, 4) is 0 Å². The summed E-state index contributed by atoms with van der Waals surface area (Å²) in [6.45, 7) is 10.6. The number of morpholine rings is 1. The summed E-state index contributed by atoms with van der Waals surface area (Å²) in [7, 11) is 0. The summed E-state index contributed by atoms with van der Waals surface area (Å²) in [5.74, 6) is 0.937. The molecular weight excluding hydrogens is 278 g/mol. The minimum Gasteiger partial charge on any atom is -0.379 e. The zero-order chi connectivity index (χ0) is 13.8. The van der Waals surface area contributed by atoms with Crippen molar-refractivity contribution < 1.29 is 9.53 Å². The molecule has 2 fully saturated rings. The molecule has 2 aliphatic rings. The number of nitrogens with zero attached hydrogens (tertiary/aromatic N) is 2. The molecule has 0 aromatic rings. The van der Waals surface area contributed by atoms with E-state index in [4.69, 9.17) is 10.5 Å². The molecule has 0 aliphatic carbocycles. The Hall–Kier alpha value is -0.360. The Morgan fingerprint density at radius 2 is 1.95 bits per heavy atom. The number of hydrogen-bond donors (Lipinski definition) is 1. The maximum Gasteiger partial charge on any atom is 0.239 e. The molecule has 6 heteroatoms. The van der Waals surface area contributed by atoms with Gasteiger partial charge in [0.2, 0.25) is 5.91 Å². The van der Waals surface area contributed by atoms with Gasteiger partial charge in [-0.25, -0.2) is 0 Å². The zero-order valence-corrected chi connectivity index (χ0v) is 13.4. The second kappa shape index (κ2) is 8.17. The number of nitrogens with two attached hydrogens (primary N) is 1. The number of likely N-dealkylation sites (tertiary alicyclic amines) is 1. The van der Waals surface area contributed by atoms with Gasteiger partial charge < -0.3 is 15.4 Å². The van der Waals surface area contributed by atoms with E-state index in [1.54, 1.807) is 0 Å². The van der Waals surface area contributed by atoms with Gasteiger partial charge in [-0.3, -0.25) is 9.69 Å². The van der Waals surface area contributed by atoms with E-state index in [-0.39, 0.29) is 30.3 Å². The first kappa shape index (κ1) is 17.7. The van der Waals surface area contributed by atoms with E-state index in [0.717, 1.165) is 52.4 Å². The van der Waals surface area contributed by atoms with Crippen molar-refractivity contribution in [2.24, 2.45) is 17.6 Å². The third-order valence-electron chi connectivity index (χ3n) is 4.22. The molecule has 20 heavy (non-hydrogen) atoms. The van der Waals surface area contributed by atoms with Crippen LogP contribution in [0.3, 0.4) is 0 Å². The van der Waals surface area contributed by atoms with Crippen LogP contribution in [0.15, 0.2) is 0 Å². The summed E-state index contributed by atoms with van der Waals surface area (Å²) >= 11 is 0. The number of ether oxygens (including phenoxy) is 1. The highest BCUT2D eigenvalue weighted by Crippen LogP contribution is 2.19. The lowest BCUT2D eigenvalue weighted by atomic mass is 10.0. The second-order valence-electron chi connectivity index (χ2n) is 6.12. The van der Waals surface area contributed by atoms with Gasteiger partial charge >= 0.3 is 0 Å². The summed E-state index contributed by atoms with van der Waals surface area (Å²) in [5.41, 5.74) is 5.95. The zero-order valence-electron chi connectivity index (χ0n) is 12.6. The van der Waals surface area contributed by atoms with E-state index >= 15 is 0 Å². The molecule has 0 spiro atoms. The Morgan fingerprint density at radius 1 is 1.30 bits per heavy atom. The van der Waals surface area contributed by atoms with Crippen LogP contribution < -0.4 is 5.73 Å². The van der Waals surface area contributed by atoms with E-state index in [9.17, 15) is 4.79 Å². The van der Waals surface area contributed by atoms with Crippen molar-refractivity contribution in [2.75, 3.05) is 45.9 Å². The molecular formula is C14H28ClN3O2. The summed E-state index contributed by atoms with van der Waals surface area (Å²) < 4.78 is 5.36. The molecule has 2 aliphatic heterocycles. The highest BCUT2D eigenvalue weighted by atomic mass is 35.5. The van der Waals surface area contributed by atoms with Gasteiger partial charge in [0.1, 0.15) is 0 Å². The summed E-state index contributed by atoms with van der Waals surface area (Å²) in [4.78, 5) is 16.6. The van der Waals surface area contributed by atoms with Gasteiger partial charge in [0, 0.05) is 32.7 Å². The van der Waals surface area contributed by atoms with Gasteiger partial charge in [0.15, 0.2) is 0 Å². The molecule has 1 unspecified atom stereocenters. The lowest BCUT2D eigenvalue weighted by molar-refractivity contribution is -0.132. The number of hydrogen-bond acceptors (Lipinski definition) is 4. The Morgan fingerprint density at radius 3 is 2.55 bits per heavy atom. The monoisotopic (exact) mass is 305 g/mol. The van der Waals surface area contributed by atoms with Crippen LogP contribution in [0, 0.1) is 11.8 Å². The van der Waals surface area contributed by atoms with Crippen LogP contribution in [0.2, 0.25) is 0 Å². The Bertz CT molecular complexity index is 309. The first-order chi connectivity index (χ1) is 9.08. The fraction of sp³-hybridized carbons (Fsp3) is 0.929. The quantitative estimate of drug-likeness (QED) is 0.825. The van der Waals surface area contributed by atoms with Gasteiger partial charge in [-0.1, -0.05) is 13.8 Å². The molecule has 0 radical (unpaired) electrons. The maximum absolute atomic E-state index is 12.2. The highest BCUT2D eigenvalue weighted by Gasteiger charge is 2.31. The highest BCUT2D eigenvalue weighted by molar-refractivity contribution is 5.85. The van der Waals surface area contributed by atoms with Crippen LogP contribution in [-0.2, 0) is 9.53 Å². The standard InChI is InChI=1S/C14H27N3O2.ClH/c1-11(2)13(15)14(18)17-4-3-12(10-17)9-16-5-7-19-8-6-16;/h11-13H,3-10,15H2,1-2H3;1H/t12?,13-;/m0./s1. The molecule has 2 saturated heterocycles. The maximum atomic E-state index is 12.2. The fourth-order valence-electron chi connectivity index (χ4n) is 2.83. The van der Waals surface area contributed by atoms with Crippen molar-refractivity contribution in [1.82, 2.24) is 9.80 Å². The van der Waals surface area contributed by atoms with Gasteiger partial charge in [-0.05, 0) is 18.3 Å². The lowest BCUT2D eigenvalue weighted by Crippen LogP contribution is -2.46. The van der Waals surface area contributed by atoms with Crippen molar-refractivity contribution in [3.05, 3.63) is 0 Å². The molecule has 118 valence electrons. The fourth-order valence-corrected chi connectivity index (χ4v) is 2.83. The number of halogens is 1. The summed E-state index contributed by atoms with van der Waals surface area (Å²) in [5, 5.41) is 0. The van der Waals surface area contributed by atoms with Crippen LogP contribution in [0.1, 0.15) is 20.3 Å². The van der Waals surface area contributed by atoms with Crippen LogP contribution in [0.25, 0.3) is 0 Å². The SMILES string of the molecule is CC(C)[C@H](N)C(=O)N1CCC(CN2CCOCC2)C1.Cl. The van der Waals surface area contributed by atoms with Crippen molar-refractivity contribution in [3.63, 3.8) is 0 Å². The van der Waals surface area contributed by atoms with Gasteiger partial charge in [0.25, 0.3) is 0 Å². The second-order valence-corrected chi connectivity index (χ2v) is 6.12. The van der Waals surface area contributed by atoms with Crippen molar-refractivity contribution in [1.29, 1.82) is 0 Å². The minimum absolute atomic E-state index is 0. The first-order valence-electron chi connectivity index (χ1n) is 7.42. The first-order valence-corrected chi connectivity index (χ1v) is 7.42. The summed E-state index contributed by atoms with van der Waals surface area (Å²) in [6.07, 6.45) is 1.11. The Balaban J connectivity index is 0.00000200. The largest absolute Gasteiger partial charge is 0.379 e. The normalized spacial score (nSPS) is 25.6. The third-order valence-corrected chi connectivity index (χ3v) is 4.22. The molecule has 0 saturated carbocycles. The predicted molar refractivity (Wildman–Crippen MR) is 82.0 cm³/mol. The molecule has 2 N–H and O–H groups in total. The molecule has 0 bridgehead atoms. The topological polar surface area (TPSA) is 58.8 Å². The van der Waals surface area contributed by atoms with E-state index < -0.39 is 0 Å². The van der Waals surface area contributed by atoms with Crippen LogP contribution >= 0.6 is 12.4 Å². The average molecular weight is 306 g/mol. The smallest absolute Gasteiger partial charge is 0.239 e. The molecule has 1 amide bonds. The van der Waals surface area contributed by atoms with Crippen LogP contribution in [0.5, 0.6) is 0 Å². The predicted octanol–water partition coefficient (Wildman–Crippen LogP) is 0.572. The van der Waals surface area contributed by atoms with Gasteiger partial charge in [0.05, 0.1) is 19.3 Å². The molecule has 0 aromatic heterocycles. The molecule has 5 nitrogen and oxygen atoms in total. The molecule has 2 heterocycles. The van der Waals surface area contributed by atoms with Gasteiger partial charge in [-0.15, -0.1) is 12.4 Å². The number of amides is 1. The molecule has 0 aromatic carbocycles. The Labute approximate surface area is 128 Å². The number of carbonyl (C=O) groups is 1. The Kier molecular flexibility index (Phi) is 7.23. The van der Waals surface area contributed by atoms with Crippen LogP contribution in [-0.4, -0.2) is 67.7 Å². The van der Waals surface area contributed by atoms with Crippen molar-refractivity contribution in [2.45, 2.75) is 26.3 Å². The minimum atomic E-state index is -0.345. The van der Waals surface area contributed by atoms with Crippen LogP contribution in [0.4, 0.5) is 0 Å². The third kappa shape index (κ3) is 4.58. The lowest BCUT2D eigenvalue weighted by Gasteiger charge is -2.29. The van der Waals surface area contributed by atoms with E-state index in [0.29, 0.717) is 5.92 Å². The van der Waals surface area contributed by atoms with Crippen molar-refractivity contribution >= 4 is 18.3 Å². The molecule has 2 rings (SSSR count). The summed E-state index contributed by atoms with van der Waals surface area (Å²) in [6, 6.07) is -0.345. The number of carbonyl (C=O) groups excluding carboxylic acids is 1. The number of rotatable bonds is 4. The van der Waals surface area contributed by atoms with E-state index in [1.165, 1.54) is 0 Å². The van der Waals surface area contributed by atoms with Gasteiger partial charge in [-0.2, -0.15) is 0 Å². The average Bonchev–Trinajstić information content (AvgIpc) is 2.86. The molecule has 2 atom stereocenters. The van der Waals surface area contributed by atoms with E-state index in [1.807, 2.05) is 18.7 Å².